The van der Waals surface area contributed by atoms with Crippen molar-refractivity contribution in [3.8, 4) is 12.3 Å². The molecule has 0 radical (unpaired) electrons. The first-order valence-corrected chi connectivity index (χ1v) is 4.90. The van der Waals surface area contributed by atoms with Crippen molar-refractivity contribution in [2.45, 2.75) is 12.8 Å². The van der Waals surface area contributed by atoms with Crippen molar-refractivity contribution in [1.29, 1.82) is 0 Å². The van der Waals surface area contributed by atoms with Crippen molar-refractivity contribution in [1.82, 2.24) is 0 Å². The van der Waals surface area contributed by atoms with Crippen LogP contribution in [0.4, 0.5) is 0 Å². The Kier molecular flexibility index (Phi) is 5.21. The number of hydrogen-bond donors (Lipinski definition) is 0. The van der Waals surface area contributed by atoms with E-state index in [-0.39, 0.29) is 19.0 Å². The van der Waals surface area contributed by atoms with Gasteiger partial charge in [-0.25, -0.2) is 0 Å². The molecule has 2 nitrogen and oxygen atoms in total. The molecule has 0 unspecified atom stereocenters. The van der Waals surface area contributed by atoms with Crippen LogP contribution in [0.1, 0.15) is 12.0 Å². The van der Waals surface area contributed by atoms with E-state index >= 15 is 0 Å². The van der Waals surface area contributed by atoms with E-state index in [9.17, 15) is 4.79 Å². The maximum Gasteiger partial charge on any atom is 0.158 e. The lowest BCUT2D eigenvalue weighted by atomic mass is 10.1. The van der Waals surface area contributed by atoms with Crippen LogP contribution in [0.15, 0.2) is 30.3 Å². The summed E-state index contributed by atoms with van der Waals surface area (Å²) in [6.45, 7) is 0.327. The quantitative estimate of drug-likeness (QED) is 0.519. The van der Waals surface area contributed by atoms with Crippen LogP contribution >= 0.6 is 0 Å². The van der Waals surface area contributed by atoms with Gasteiger partial charge in [0.15, 0.2) is 5.78 Å². The van der Waals surface area contributed by atoms with Crippen LogP contribution in [0.3, 0.4) is 0 Å². The lowest BCUT2D eigenvalue weighted by Gasteiger charge is -2.01. The summed E-state index contributed by atoms with van der Waals surface area (Å²) >= 11 is 0. The number of rotatable bonds is 6. The van der Waals surface area contributed by atoms with E-state index in [4.69, 9.17) is 11.2 Å². The van der Waals surface area contributed by atoms with Crippen molar-refractivity contribution < 1.29 is 9.53 Å². The Morgan fingerprint density at radius 3 is 2.73 bits per heavy atom. The Hall–Kier alpha value is -1.59. The van der Waals surface area contributed by atoms with Crippen molar-refractivity contribution in [2.75, 3.05) is 13.2 Å². The predicted octanol–water partition coefficient (Wildman–Crippen LogP) is 1.84. The third kappa shape index (κ3) is 4.99. The minimum absolute atomic E-state index is 0.0918. The number of carbonyl (C=O) groups excluding carboxylic acids is 1. The molecule has 0 aliphatic carbocycles. The van der Waals surface area contributed by atoms with Crippen LogP contribution < -0.4 is 0 Å². The molecule has 1 rings (SSSR count). The Labute approximate surface area is 90.3 Å². The van der Waals surface area contributed by atoms with E-state index in [1.807, 2.05) is 30.3 Å². The summed E-state index contributed by atoms with van der Waals surface area (Å²) < 4.78 is 4.95. The van der Waals surface area contributed by atoms with Crippen LogP contribution in [-0.4, -0.2) is 19.0 Å². The molecule has 0 aromatic heterocycles. The van der Waals surface area contributed by atoms with Gasteiger partial charge in [0.2, 0.25) is 0 Å². The Bertz CT molecular complexity index is 335. The molecular weight excluding hydrogens is 188 g/mol. The summed E-state index contributed by atoms with van der Waals surface area (Å²) in [5.74, 6) is 2.41. The first-order valence-electron chi connectivity index (χ1n) is 4.90. The van der Waals surface area contributed by atoms with Crippen LogP contribution in [0, 0.1) is 12.3 Å². The molecule has 15 heavy (non-hydrogen) atoms. The van der Waals surface area contributed by atoms with Gasteiger partial charge in [-0.2, -0.15) is 0 Å². The molecule has 0 saturated carbocycles. The molecular formula is C13H14O2. The second-order valence-corrected chi connectivity index (χ2v) is 3.22. The third-order valence-corrected chi connectivity index (χ3v) is 1.98. The number of ether oxygens (including phenoxy) is 1. The molecule has 0 N–H and O–H groups in total. The molecule has 0 saturated heterocycles. The van der Waals surface area contributed by atoms with Crippen LogP contribution in [0.25, 0.3) is 0 Å². The molecule has 2 heteroatoms. The summed E-state index contributed by atoms with van der Waals surface area (Å²) in [6.07, 6.45) is 6.26. The van der Waals surface area contributed by atoms with Crippen LogP contribution in [0.5, 0.6) is 0 Å². The second-order valence-electron chi connectivity index (χ2n) is 3.22. The smallest absolute Gasteiger partial charge is 0.158 e. The Morgan fingerprint density at radius 1 is 1.33 bits per heavy atom. The fourth-order valence-corrected chi connectivity index (χ4v) is 1.22. The van der Waals surface area contributed by atoms with E-state index in [0.29, 0.717) is 6.42 Å². The highest BCUT2D eigenvalue weighted by Gasteiger charge is 2.01. The Morgan fingerprint density at radius 2 is 2.07 bits per heavy atom. The normalized spacial score (nSPS) is 9.53. The second kappa shape index (κ2) is 6.80. The molecule has 0 atom stereocenters. The zero-order chi connectivity index (χ0) is 10.9. The molecule has 0 fully saturated rings. The molecule has 0 spiro atoms. The molecule has 0 amide bonds. The minimum Gasteiger partial charge on any atom is -0.361 e. The van der Waals surface area contributed by atoms with E-state index in [1.54, 1.807) is 0 Å². The van der Waals surface area contributed by atoms with Crippen molar-refractivity contribution in [2.24, 2.45) is 0 Å². The SMILES string of the molecule is C#CCOCC(=O)CCc1ccccc1. The highest BCUT2D eigenvalue weighted by molar-refractivity contribution is 5.79. The monoisotopic (exact) mass is 202 g/mol. The fraction of sp³-hybridized carbons (Fsp3) is 0.308. The van der Waals surface area contributed by atoms with Gasteiger partial charge in [0.1, 0.15) is 13.2 Å². The van der Waals surface area contributed by atoms with Crippen LogP contribution in [-0.2, 0) is 16.0 Å². The summed E-state index contributed by atoms with van der Waals surface area (Å²) in [7, 11) is 0. The molecule has 0 aliphatic rings. The average Bonchev–Trinajstić information content (AvgIpc) is 2.28. The summed E-state index contributed by atoms with van der Waals surface area (Å²) in [5.41, 5.74) is 1.17. The first kappa shape index (κ1) is 11.5. The molecule has 0 bridgehead atoms. The topological polar surface area (TPSA) is 26.3 Å². The Balaban J connectivity index is 2.20. The fourth-order valence-electron chi connectivity index (χ4n) is 1.22. The standard InChI is InChI=1S/C13H14O2/c1-2-10-15-11-13(14)9-8-12-6-4-3-5-7-12/h1,3-7H,8-11H2. The summed E-state index contributed by atoms with van der Waals surface area (Å²) in [6, 6.07) is 9.91. The molecule has 78 valence electrons. The van der Waals surface area contributed by atoms with E-state index in [1.165, 1.54) is 5.56 Å². The summed E-state index contributed by atoms with van der Waals surface area (Å²) in [4.78, 5) is 11.3. The van der Waals surface area contributed by atoms with Crippen molar-refractivity contribution in [3.05, 3.63) is 35.9 Å². The minimum atomic E-state index is 0.0918. The van der Waals surface area contributed by atoms with Gasteiger partial charge in [0.25, 0.3) is 0 Å². The number of benzene rings is 1. The largest absolute Gasteiger partial charge is 0.361 e. The van der Waals surface area contributed by atoms with Gasteiger partial charge in [0, 0.05) is 6.42 Å². The number of terminal acetylenes is 1. The van der Waals surface area contributed by atoms with Gasteiger partial charge in [-0.3, -0.25) is 4.79 Å². The lowest BCUT2D eigenvalue weighted by molar-refractivity contribution is -0.123. The first-order chi connectivity index (χ1) is 7.33. The van der Waals surface area contributed by atoms with Gasteiger partial charge in [0.05, 0.1) is 0 Å². The van der Waals surface area contributed by atoms with E-state index in [0.717, 1.165) is 6.42 Å². The number of Topliss-reactive ketones (excluding diaryl/α,β-unsaturated/α-hetero) is 1. The van der Waals surface area contributed by atoms with Gasteiger partial charge in [-0.15, -0.1) is 6.42 Å². The van der Waals surface area contributed by atoms with Crippen LogP contribution in [0.2, 0.25) is 0 Å². The third-order valence-electron chi connectivity index (χ3n) is 1.98. The van der Waals surface area contributed by atoms with E-state index < -0.39 is 0 Å². The molecule has 1 aromatic carbocycles. The van der Waals surface area contributed by atoms with Crippen molar-refractivity contribution in [3.63, 3.8) is 0 Å². The zero-order valence-electron chi connectivity index (χ0n) is 8.61. The maximum absolute atomic E-state index is 11.3. The number of hydrogen-bond acceptors (Lipinski definition) is 2. The maximum atomic E-state index is 11.3. The summed E-state index contributed by atoms with van der Waals surface area (Å²) in [5, 5.41) is 0. The number of ketones is 1. The molecule has 1 aromatic rings. The van der Waals surface area contributed by atoms with Gasteiger partial charge in [-0.05, 0) is 12.0 Å². The zero-order valence-corrected chi connectivity index (χ0v) is 8.61. The molecule has 0 heterocycles. The number of carbonyl (C=O) groups is 1. The average molecular weight is 202 g/mol. The number of aryl methyl sites for hydroxylation is 1. The van der Waals surface area contributed by atoms with Gasteiger partial charge < -0.3 is 4.74 Å². The lowest BCUT2D eigenvalue weighted by Crippen LogP contribution is -2.09. The highest BCUT2D eigenvalue weighted by Crippen LogP contribution is 2.02. The van der Waals surface area contributed by atoms with Gasteiger partial charge >= 0.3 is 0 Å². The van der Waals surface area contributed by atoms with Gasteiger partial charge in [-0.1, -0.05) is 36.3 Å². The highest BCUT2D eigenvalue weighted by atomic mass is 16.5. The van der Waals surface area contributed by atoms with E-state index in [2.05, 4.69) is 5.92 Å². The van der Waals surface area contributed by atoms with Crippen molar-refractivity contribution >= 4 is 5.78 Å². The molecule has 0 aliphatic heterocycles. The predicted molar refractivity (Wildman–Crippen MR) is 59.4 cm³/mol.